The lowest BCUT2D eigenvalue weighted by Crippen LogP contribution is -2.26. The van der Waals surface area contributed by atoms with Gasteiger partial charge >= 0.3 is 0 Å². The molecular formula is C9H10N2O5S. The second kappa shape index (κ2) is 4.93. The Hall–Kier alpha value is -1.93. The summed E-state index contributed by atoms with van der Waals surface area (Å²) >= 11 is 0. The second-order valence-corrected chi connectivity index (χ2v) is 4.74. The maximum atomic E-state index is 11.4. The number of rotatable bonds is 4. The first-order chi connectivity index (χ1) is 7.79. The summed E-state index contributed by atoms with van der Waals surface area (Å²) in [6, 6.07) is 5.47. The van der Waals surface area contributed by atoms with Crippen LogP contribution in [0.3, 0.4) is 0 Å². The Morgan fingerprint density at radius 1 is 1.29 bits per heavy atom. The summed E-state index contributed by atoms with van der Waals surface area (Å²) in [6.45, 7) is 0. The van der Waals surface area contributed by atoms with Crippen LogP contribution >= 0.6 is 0 Å². The fourth-order valence-electron chi connectivity index (χ4n) is 0.986. The van der Waals surface area contributed by atoms with Gasteiger partial charge in [0.2, 0.25) is 5.91 Å². The van der Waals surface area contributed by atoms with E-state index in [0.717, 1.165) is 6.26 Å². The topological polar surface area (TPSA) is 116 Å². The Morgan fingerprint density at radius 2 is 1.88 bits per heavy atom. The van der Waals surface area contributed by atoms with Crippen LogP contribution in [-0.4, -0.2) is 26.5 Å². The molecule has 0 bridgehead atoms. The van der Waals surface area contributed by atoms with Gasteiger partial charge in [0, 0.05) is 11.1 Å². The van der Waals surface area contributed by atoms with Gasteiger partial charge in [0.1, 0.15) is 0 Å². The Balaban J connectivity index is 2.83. The lowest BCUT2D eigenvalue weighted by atomic mass is 10.1. The number of amides is 2. The molecule has 0 saturated carbocycles. The SMILES string of the molecule is CS(=O)(=O)ONC(=O)c1cccc(C(N)=O)c1. The highest BCUT2D eigenvalue weighted by molar-refractivity contribution is 7.85. The zero-order valence-electron chi connectivity index (χ0n) is 8.84. The van der Waals surface area contributed by atoms with Crippen LogP contribution in [0, 0.1) is 0 Å². The quantitative estimate of drug-likeness (QED) is 0.700. The average molecular weight is 258 g/mol. The molecule has 0 radical (unpaired) electrons. The van der Waals surface area contributed by atoms with Crippen molar-refractivity contribution in [2.45, 2.75) is 0 Å². The summed E-state index contributed by atoms with van der Waals surface area (Å²) in [4.78, 5) is 22.3. The minimum absolute atomic E-state index is 0.0601. The number of hydrogen-bond acceptors (Lipinski definition) is 5. The van der Waals surface area contributed by atoms with Crippen LogP contribution in [-0.2, 0) is 14.4 Å². The highest BCUT2D eigenvalue weighted by Gasteiger charge is 2.11. The van der Waals surface area contributed by atoms with Gasteiger partial charge in [0.25, 0.3) is 16.0 Å². The molecule has 92 valence electrons. The van der Waals surface area contributed by atoms with E-state index in [4.69, 9.17) is 5.73 Å². The number of hydroxylamine groups is 1. The van der Waals surface area contributed by atoms with Crippen LogP contribution in [0.5, 0.6) is 0 Å². The number of carbonyl (C=O) groups is 2. The van der Waals surface area contributed by atoms with E-state index < -0.39 is 21.9 Å². The van der Waals surface area contributed by atoms with Gasteiger partial charge in [0.15, 0.2) is 0 Å². The molecular weight excluding hydrogens is 248 g/mol. The Labute approximate surface area is 97.6 Å². The van der Waals surface area contributed by atoms with Crippen molar-refractivity contribution >= 4 is 21.9 Å². The number of primary amides is 1. The first-order valence-electron chi connectivity index (χ1n) is 4.38. The summed E-state index contributed by atoms with van der Waals surface area (Å²) in [7, 11) is -3.78. The van der Waals surface area contributed by atoms with E-state index in [1.807, 2.05) is 0 Å². The second-order valence-electron chi connectivity index (χ2n) is 3.16. The molecule has 1 aromatic carbocycles. The Morgan fingerprint density at radius 3 is 2.41 bits per heavy atom. The molecule has 0 unspecified atom stereocenters. The minimum Gasteiger partial charge on any atom is -0.366 e. The normalized spacial score (nSPS) is 10.9. The number of nitrogens with one attached hydrogen (secondary N) is 1. The van der Waals surface area contributed by atoms with Crippen molar-refractivity contribution in [3.8, 4) is 0 Å². The largest absolute Gasteiger partial charge is 0.366 e. The number of benzene rings is 1. The van der Waals surface area contributed by atoms with Gasteiger partial charge in [-0.05, 0) is 18.2 Å². The minimum atomic E-state index is -3.78. The monoisotopic (exact) mass is 258 g/mol. The van der Waals surface area contributed by atoms with Crippen LogP contribution in [0.2, 0.25) is 0 Å². The van der Waals surface area contributed by atoms with Crippen LogP contribution in [0.1, 0.15) is 20.7 Å². The first-order valence-corrected chi connectivity index (χ1v) is 6.20. The van der Waals surface area contributed by atoms with Crippen molar-refractivity contribution in [2.75, 3.05) is 6.26 Å². The van der Waals surface area contributed by atoms with Gasteiger partial charge in [-0.25, -0.2) is 5.48 Å². The van der Waals surface area contributed by atoms with Crippen molar-refractivity contribution in [1.82, 2.24) is 5.48 Å². The van der Waals surface area contributed by atoms with E-state index in [-0.39, 0.29) is 11.1 Å². The summed E-state index contributed by atoms with van der Waals surface area (Å²) < 4.78 is 25.4. The Kier molecular flexibility index (Phi) is 3.81. The lowest BCUT2D eigenvalue weighted by Gasteiger charge is -2.04. The molecule has 0 aliphatic rings. The van der Waals surface area contributed by atoms with E-state index in [0.29, 0.717) is 0 Å². The van der Waals surface area contributed by atoms with E-state index in [2.05, 4.69) is 4.28 Å². The van der Waals surface area contributed by atoms with E-state index >= 15 is 0 Å². The predicted octanol–water partition coefficient (Wildman–Crippen LogP) is -0.594. The standard InChI is InChI=1S/C9H10N2O5S/c1-17(14,15)16-11-9(13)7-4-2-3-6(5-7)8(10)12/h2-5H,1H3,(H2,10,12)(H,11,13). The third-order valence-corrected chi connectivity index (χ3v) is 2.08. The fourth-order valence-corrected chi connectivity index (χ4v) is 1.21. The van der Waals surface area contributed by atoms with Crippen molar-refractivity contribution in [2.24, 2.45) is 5.73 Å². The summed E-state index contributed by atoms with van der Waals surface area (Å²) in [5, 5.41) is 0. The smallest absolute Gasteiger partial charge is 0.285 e. The van der Waals surface area contributed by atoms with E-state index in [1.165, 1.54) is 24.3 Å². The summed E-state index contributed by atoms with van der Waals surface area (Å²) in [6.07, 6.45) is 0.785. The van der Waals surface area contributed by atoms with Gasteiger partial charge in [-0.2, -0.15) is 8.42 Å². The summed E-state index contributed by atoms with van der Waals surface area (Å²) in [5.74, 6) is -1.48. The highest BCUT2D eigenvalue weighted by atomic mass is 32.2. The molecule has 3 N–H and O–H groups in total. The number of hydrogen-bond donors (Lipinski definition) is 2. The van der Waals surface area contributed by atoms with Crippen molar-refractivity contribution < 1.29 is 22.3 Å². The maximum absolute atomic E-state index is 11.4. The van der Waals surface area contributed by atoms with Gasteiger partial charge < -0.3 is 5.73 Å². The molecule has 1 rings (SSSR count). The molecule has 0 spiro atoms. The van der Waals surface area contributed by atoms with Crippen LogP contribution < -0.4 is 11.2 Å². The zero-order chi connectivity index (χ0) is 13.1. The van der Waals surface area contributed by atoms with Gasteiger partial charge in [-0.1, -0.05) is 6.07 Å². The van der Waals surface area contributed by atoms with Gasteiger partial charge in [-0.15, -0.1) is 4.28 Å². The third kappa shape index (κ3) is 4.21. The lowest BCUT2D eigenvalue weighted by molar-refractivity contribution is 0.0772. The Bertz CT molecular complexity index is 552. The molecule has 7 nitrogen and oxygen atoms in total. The molecule has 0 heterocycles. The fraction of sp³-hybridized carbons (Fsp3) is 0.111. The molecule has 0 fully saturated rings. The van der Waals surface area contributed by atoms with Crippen LogP contribution in [0.25, 0.3) is 0 Å². The zero-order valence-corrected chi connectivity index (χ0v) is 9.65. The third-order valence-electron chi connectivity index (χ3n) is 1.70. The van der Waals surface area contributed by atoms with E-state index in [1.54, 1.807) is 5.48 Å². The average Bonchev–Trinajstić information content (AvgIpc) is 2.25. The molecule has 8 heteroatoms. The molecule has 0 aliphatic carbocycles. The molecule has 0 atom stereocenters. The molecule has 0 saturated heterocycles. The van der Waals surface area contributed by atoms with Crippen molar-refractivity contribution in [3.63, 3.8) is 0 Å². The number of carbonyl (C=O) groups excluding carboxylic acids is 2. The van der Waals surface area contributed by atoms with E-state index in [9.17, 15) is 18.0 Å². The van der Waals surface area contributed by atoms with Gasteiger partial charge in [0.05, 0.1) is 6.26 Å². The maximum Gasteiger partial charge on any atom is 0.285 e. The molecule has 17 heavy (non-hydrogen) atoms. The molecule has 0 aromatic heterocycles. The van der Waals surface area contributed by atoms with Crippen LogP contribution in [0.4, 0.5) is 0 Å². The van der Waals surface area contributed by atoms with Crippen LogP contribution in [0.15, 0.2) is 24.3 Å². The molecule has 0 aliphatic heterocycles. The van der Waals surface area contributed by atoms with Gasteiger partial charge in [-0.3, -0.25) is 9.59 Å². The predicted molar refractivity (Wildman–Crippen MR) is 58.4 cm³/mol. The summed E-state index contributed by atoms with van der Waals surface area (Å²) in [5.41, 5.74) is 6.95. The first kappa shape index (κ1) is 13.1. The molecule has 1 aromatic rings. The number of nitrogens with two attached hydrogens (primary N) is 1. The molecule has 2 amide bonds. The highest BCUT2D eigenvalue weighted by Crippen LogP contribution is 2.04. The van der Waals surface area contributed by atoms with Crippen molar-refractivity contribution in [1.29, 1.82) is 0 Å². The van der Waals surface area contributed by atoms with Crippen molar-refractivity contribution in [3.05, 3.63) is 35.4 Å².